The monoisotopic (exact) mass is 384 g/mol. The van der Waals surface area contributed by atoms with Crippen molar-refractivity contribution >= 4 is 17.5 Å². The highest BCUT2D eigenvalue weighted by atomic mass is 35.5. The number of carbonyl (C=O) groups is 1. The minimum Gasteiger partial charge on any atom is -0.489 e. The number of nitrogens with zero attached hydrogens (tertiary/aromatic N) is 6. The zero-order chi connectivity index (χ0) is 18.6. The summed E-state index contributed by atoms with van der Waals surface area (Å²) in [5, 5.41) is 0.538. The van der Waals surface area contributed by atoms with Gasteiger partial charge in [-0.25, -0.2) is 9.97 Å². The van der Waals surface area contributed by atoms with Crippen LogP contribution in [0.15, 0.2) is 49.6 Å². The van der Waals surface area contributed by atoms with Gasteiger partial charge in [0, 0.05) is 50.6 Å². The molecule has 3 aromatic rings. The van der Waals surface area contributed by atoms with Gasteiger partial charge in [0.1, 0.15) is 23.9 Å². The number of likely N-dealkylation sites (tertiary alicyclic amines) is 1. The average molecular weight is 385 g/mol. The molecule has 138 valence electrons. The van der Waals surface area contributed by atoms with Gasteiger partial charge in [0.15, 0.2) is 5.82 Å². The Kier molecular flexibility index (Phi) is 4.97. The van der Waals surface area contributed by atoms with E-state index < -0.39 is 0 Å². The zero-order valence-corrected chi connectivity index (χ0v) is 15.2. The van der Waals surface area contributed by atoms with E-state index in [4.69, 9.17) is 16.3 Å². The Balaban J connectivity index is 1.38. The second kappa shape index (κ2) is 7.71. The molecule has 1 aliphatic rings. The highest BCUT2D eigenvalue weighted by Gasteiger charge is 2.26. The van der Waals surface area contributed by atoms with Crippen molar-refractivity contribution in [3.63, 3.8) is 0 Å². The van der Waals surface area contributed by atoms with Crippen LogP contribution in [0.2, 0.25) is 5.02 Å². The van der Waals surface area contributed by atoms with Crippen LogP contribution in [0, 0.1) is 0 Å². The van der Waals surface area contributed by atoms with Gasteiger partial charge in [-0.3, -0.25) is 19.3 Å². The first-order valence-corrected chi connectivity index (χ1v) is 8.94. The van der Waals surface area contributed by atoms with Gasteiger partial charge in [0.25, 0.3) is 5.91 Å². The molecule has 4 heterocycles. The molecule has 0 saturated carbocycles. The topological polar surface area (TPSA) is 86.0 Å². The molecule has 0 spiro atoms. The van der Waals surface area contributed by atoms with Crippen LogP contribution in [-0.4, -0.2) is 54.5 Å². The van der Waals surface area contributed by atoms with E-state index >= 15 is 0 Å². The maximum absolute atomic E-state index is 12.8. The smallest absolute Gasteiger partial charge is 0.274 e. The quantitative estimate of drug-likeness (QED) is 0.686. The van der Waals surface area contributed by atoms with E-state index in [2.05, 4.69) is 19.9 Å². The Morgan fingerprint density at radius 2 is 1.93 bits per heavy atom. The minimum atomic E-state index is -0.132. The second-order valence-electron chi connectivity index (χ2n) is 6.18. The lowest BCUT2D eigenvalue weighted by atomic mass is 10.1. The van der Waals surface area contributed by atoms with Gasteiger partial charge < -0.3 is 9.64 Å². The van der Waals surface area contributed by atoms with E-state index in [0.29, 0.717) is 35.4 Å². The van der Waals surface area contributed by atoms with E-state index in [1.54, 1.807) is 52.8 Å². The summed E-state index contributed by atoms with van der Waals surface area (Å²) in [6, 6.07) is 1.74. The molecule has 0 aromatic carbocycles. The molecular formula is C18H17ClN6O2. The maximum atomic E-state index is 12.8. The third kappa shape index (κ3) is 4.06. The summed E-state index contributed by atoms with van der Waals surface area (Å²) < 4.78 is 7.63. The van der Waals surface area contributed by atoms with Crippen LogP contribution >= 0.6 is 11.6 Å². The molecule has 9 heteroatoms. The van der Waals surface area contributed by atoms with Gasteiger partial charge in [-0.05, 0) is 0 Å². The van der Waals surface area contributed by atoms with Crippen LogP contribution in [0.1, 0.15) is 23.3 Å². The Hall–Kier alpha value is -3.00. The van der Waals surface area contributed by atoms with Gasteiger partial charge in [-0.2, -0.15) is 0 Å². The largest absolute Gasteiger partial charge is 0.489 e. The van der Waals surface area contributed by atoms with E-state index in [1.807, 2.05) is 0 Å². The molecule has 27 heavy (non-hydrogen) atoms. The van der Waals surface area contributed by atoms with Crippen LogP contribution in [0.3, 0.4) is 0 Å². The standard InChI is InChI=1S/C18H17ClN6O2/c19-13-7-15(9-21-8-13)27-14-1-4-24(5-2-14)18(26)16-10-22-11-17(23-16)25-6-3-20-12-25/h3,6-12,14H,1-2,4-5H2. The Labute approximate surface area is 160 Å². The number of amides is 1. The molecule has 8 nitrogen and oxygen atoms in total. The molecule has 0 atom stereocenters. The molecular weight excluding hydrogens is 368 g/mol. The average Bonchev–Trinajstić information content (AvgIpc) is 3.23. The molecule has 0 aliphatic carbocycles. The minimum absolute atomic E-state index is 0.0256. The third-order valence-electron chi connectivity index (χ3n) is 4.32. The number of piperidine rings is 1. The molecule has 0 radical (unpaired) electrons. The molecule has 1 fully saturated rings. The Morgan fingerprint density at radius 1 is 1.11 bits per heavy atom. The third-order valence-corrected chi connectivity index (χ3v) is 4.53. The number of pyridine rings is 1. The van der Waals surface area contributed by atoms with Gasteiger partial charge in [0.05, 0.1) is 23.6 Å². The van der Waals surface area contributed by atoms with Gasteiger partial charge in [0.2, 0.25) is 0 Å². The van der Waals surface area contributed by atoms with Crippen molar-refractivity contribution in [2.75, 3.05) is 13.1 Å². The fraction of sp³-hybridized carbons (Fsp3) is 0.278. The summed E-state index contributed by atoms with van der Waals surface area (Å²) in [6.07, 6.45) is 12.8. The molecule has 0 N–H and O–H groups in total. The summed E-state index contributed by atoms with van der Waals surface area (Å²) in [5.41, 5.74) is 0.319. The van der Waals surface area contributed by atoms with Gasteiger partial charge in [-0.1, -0.05) is 11.6 Å². The number of rotatable bonds is 4. The molecule has 1 amide bonds. The summed E-state index contributed by atoms with van der Waals surface area (Å²) in [4.78, 5) is 31.1. The number of hydrogen-bond acceptors (Lipinski definition) is 6. The van der Waals surface area contributed by atoms with Gasteiger partial charge >= 0.3 is 0 Å². The lowest BCUT2D eigenvalue weighted by molar-refractivity contribution is 0.0589. The number of hydrogen-bond donors (Lipinski definition) is 0. The first-order chi connectivity index (χ1) is 13.2. The van der Waals surface area contributed by atoms with Crippen molar-refractivity contribution in [1.29, 1.82) is 0 Å². The van der Waals surface area contributed by atoms with Crippen LogP contribution in [0.5, 0.6) is 5.75 Å². The number of aromatic nitrogens is 5. The van der Waals surface area contributed by atoms with Crippen LogP contribution in [0.25, 0.3) is 5.82 Å². The first kappa shape index (κ1) is 17.4. The highest BCUT2D eigenvalue weighted by Crippen LogP contribution is 2.21. The predicted molar refractivity (Wildman–Crippen MR) is 98.0 cm³/mol. The van der Waals surface area contributed by atoms with Crippen molar-refractivity contribution in [2.45, 2.75) is 18.9 Å². The number of ether oxygens (including phenoxy) is 1. The van der Waals surface area contributed by atoms with E-state index in [9.17, 15) is 4.79 Å². The SMILES string of the molecule is O=C(c1cncc(-n2ccnc2)n1)N1CCC(Oc2cncc(Cl)c2)CC1. The van der Waals surface area contributed by atoms with Gasteiger partial charge in [-0.15, -0.1) is 0 Å². The normalized spacial score (nSPS) is 14.9. The summed E-state index contributed by atoms with van der Waals surface area (Å²) in [5.74, 6) is 1.07. The van der Waals surface area contributed by atoms with Crippen LogP contribution < -0.4 is 4.74 Å². The Morgan fingerprint density at radius 3 is 2.67 bits per heavy atom. The predicted octanol–water partition coefficient (Wildman–Crippen LogP) is 2.39. The molecule has 1 aliphatic heterocycles. The number of imidazole rings is 1. The fourth-order valence-electron chi connectivity index (χ4n) is 2.97. The number of halogens is 1. The summed E-state index contributed by atoms with van der Waals surface area (Å²) in [6.45, 7) is 1.18. The van der Waals surface area contributed by atoms with Crippen molar-refractivity contribution in [1.82, 2.24) is 29.4 Å². The molecule has 4 rings (SSSR count). The lowest BCUT2D eigenvalue weighted by Crippen LogP contribution is -2.42. The van der Waals surface area contributed by atoms with E-state index in [1.165, 1.54) is 6.20 Å². The number of carbonyl (C=O) groups excluding carboxylic acids is 1. The van der Waals surface area contributed by atoms with Crippen LogP contribution in [-0.2, 0) is 0 Å². The van der Waals surface area contributed by atoms with Crippen molar-refractivity contribution in [3.05, 3.63) is 60.3 Å². The van der Waals surface area contributed by atoms with E-state index in [0.717, 1.165) is 12.8 Å². The van der Waals surface area contributed by atoms with Crippen molar-refractivity contribution in [2.24, 2.45) is 0 Å². The van der Waals surface area contributed by atoms with E-state index in [-0.39, 0.29) is 12.0 Å². The molecule has 3 aromatic heterocycles. The van der Waals surface area contributed by atoms with Crippen molar-refractivity contribution in [3.8, 4) is 11.6 Å². The Bertz CT molecular complexity index is 925. The lowest BCUT2D eigenvalue weighted by Gasteiger charge is -2.31. The molecule has 1 saturated heterocycles. The molecule has 0 bridgehead atoms. The first-order valence-electron chi connectivity index (χ1n) is 8.56. The zero-order valence-electron chi connectivity index (χ0n) is 14.4. The summed E-state index contributed by atoms with van der Waals surface area (Å²) in [7, 11) is 0. The van der Waals surface area contributed by atoms with Crippen LogP contribution in [0.4, 0.5) is 0 Å². The maximum Gasteiger partial charge on any atom is 0.274 e. The fourth-order valence-corrected chi connectivity index (χ4v) is 3.13. The summed E-state index contributed by atoms with van der Waals surface area (Å²) >= 11 is 5.93. The van der Waals surface area contributed by atoms with Crippen molar-refractivity contribution < 1.29 is 9.53 Å². The molecule has 0 unspecified atom stereocenters. The second-order valence-corrected chi connectivity index (χ2v) is 6.62. The highest BCUT2D eigenvalue weighted by molar-refractivity contribution is 6.30.